The molecule has 0 spiro atoms. The SMILES string of the molecule is CCCCCCCCCCCCOOC(O)(C(O)C(O)C(O)C(O)C(O)CC)C(O)C(O)C(O)C(O)C(O)CO. The van der Waals surface area contributed by atoms with Crippen LogP contribution in [0.5, 0.6) is 0 Å². The standard InChI is InChI=1S/C26H54O14/c1-3-5-6-7-8-9-10-11-12-13-14-39-40-26(38,24(36)22(34)20(32)18(30)16(28)4-2)25(37)23(35)21(33)19(31)17(29)15-27/h16-25,27-38H,3-15H2,1-2H3. The number of hydrogen-bond acceptors (Lipinski definition) is 14. The van der Waals surface area contributed by atoms with Gasteiger partial charge >= 0.3 is 0 Å². The number of aliphatic hydroxyl groups is 12. The Morgan fingerprint density at radius 3 is 1.32 bits per heavy atom. The van der Waals surface area contributed by atoms with E-state index in [2.05, 4.69) is 6.92 Å². The maximum absolute atomic E-state index is 11.0. The van der Waals surface area contributed by atoms with Gasteiger partial charge in [-0.15, -0.1) is 0 Å². The summed E-state index contributed by atoms with van der Waals surface area (Å²) in [4.78, 5) is 9.70. The largest absolute Gasteiger partial charge is 0.394 e. The van der Waals surface area contributed by atoms with Crippen molar-refractivity contribution in [3.63, 3.8) is 0 Å². The summed E-state index contributed by atoms with van der Waals surface area (Å²) in [7, 11) is 0. The van der Waals surface area contributed by atoms with Crippen molar-refractivity contribution >= 4 is 0 Å². The third-order valence-corrected chi connectivity index (χ3v) is 7.06. The molecule has 14 heteroatoms. The Kier molecular flexibility index (Phi) is 20.9. The topological polar surface area (TPSA) is 261 Å². The Hall–Kier alpha value is -0.560. The molecule has 0 rings (SSSR count). The molecule has 0 saturated heterocycles. The van der Waals surface area contributed by atoms with Crippen molar-refractivity contribution in [2.45, 2.75) is 151 Å². The van der Waals surface area contributed by atoms with Crippen LogP contribution >= 0.6 is 0 Å². The lowest BCUT2D eigenvalue weighted by Crippen LogP contribution is -2.67. The minimum atomic E-state index is -3.47. The van der Waals surface area contributed by atoms with Gasteiger partial charge in [-0.3, -0.25) is 0 Å². The van der Waals surface area contributed by atoms with Crippen LogP contribution in [0.3, 0.4) is 0 Å². The zero-order valence-corrected chi connectivity index (χ0v) is 23.6. The molecular formula is C26H54O14. The Morgan fingerprint density at radius 1 is 0.525 bits per heavy atom. The molecule has 242 valence electrons. The molecule has 0 amide bonds. The second kappa shape index (κ2) is 21.2. The molecule has 0 aromatic rings. The number of aliphatic hydroxyl groups excluding tert-OH is 11. The van der Waals surface area contributed by atoms with E-state index in [0.29, 0.717) is 6.42 Å². The van der Waals surface area contributed by atoms with Crippen LogP contribution in [0.15, 0.2) is 0 Å². The lowest BCUT2D eigenvalue weighted by molar-refractivity contribution is -0.470. The van der Waals surface area contributed by atoms with Crippen LogP contribution in [-0.4, -0.2) is 141 Å². The minimum Gasteiger partial charge on any atom is -0.394 e. The van der Waals surface area contributed by atoms with E-state index in [-0.39, 0.29) is 13.0 Å². The average Bonchev–Trinajstić information content (AvgIpc) is 2.97. The van der Waals surface area contributed by atoms with E-state index in [1.807, 2.05) is 0 Å². The first-order chi connectivity index (χ1) is 18.8. The molecule has 11 atom stereocenters. The highest BCUT2D eigenvalue weighted by atomic mass is 17.2. The minimum absolute atomic E-state index is 0.0532. The van der Waals surface area contributed by atoms with Crippen LogP contribution in [0.2, 0.25) is 0 Å². The Balaban J connectivity index is 5.30. The van der Waals surface area contributed by atoms with Crippen molar-refractivity contribution in [2.24, 2.45) is 0 Å². The molecular weight excluding hydrogens is 536 g/mol. The fraction of sp³-hybridized carbons (Fsp3) is 1.00. The van der Waals surface area contributed by atoms with Gasteiger partial charge in [-0.05, 0) is 12.8 Å². The lowest BCUT2D eigenvalue weighted by Gasteiger charge is -2.41. The quantitative estimate of drug-likeness (QED) is 0.0228. The van der Waals surface area contributed by atoms with E-state index in [1.165, 1.54) is 32.6 Å². The number of hydrogen-bond donors (Lipinski definition) is 12. The van der Waals surface area contributed by atoms with Gasteiger partial charge in [0.1, 0.15) is 54.9 Å². The van der Waals surface area contributed by atoms with E-state index in [9.17, 15) is 56.2 Å². The van der Waals surface area contributed by atoms with Crippen LogP contribution in [0.1, 0.15) is 84.5 Å². The highest BCUT2D eigenvalue weighted by Crippen LogP contribution is 2.28. The zero-order valence-electron chi connectivity index (χ0n) is 23.6. The normalized spacial score (nSPS) is 21.4. The van der Waals surface area contributed by atoms with Crippen molar-refractivity contribution in [1.82, 2.24) is 0 Å². The van der Waals surface area contributed by atoms with Crippen molar-refractivity contribution in [2.75, 3.05) is 13.2 Å². The zero-order chi connectivity index (χ0) is 30.9. The van der Waals surface area contributed by atoms with Gasteiger partial charge in [-0.2, -0.15) is 4.89 Å². The number of rotatable bonds is 25. The first-order valence-electron chi connectivity index (χ1n) is 14.3. The summed E-state index contributed by atoms with van der Waals surface area (Å²) in [6.45, 7) is 2.41. The van der Waals surface area contributed by atoms with Crippen LogP contribution in [0, 0.1) is 0 Å². The van der Waals surface area contributed by atoms with E-state index in [0.717, 1.165) is 32.1 Å². The van der Waals surface area contributed by atoms with Gasteiger partial charge in [0, 0.05) is 0 Å². The summed E-state index contributed by atoms with van der Waals surface area (Å²) in [6.07, 6.45) is -12.9. The summed E-state index contributed by atoms with van der Waals surface area (Å²) >= 11 is 0. The Morgan fingerprint density at radius 2 is 0.925 bits per heavy atom. The molecule has 0 bridgehead atoms. The molecule has 0 heterocycles. The van der Waals surface area contributed by atoms with Crippen LogP contribution < -0.4 is 0 Å². The molecule has 0 aromatic heterocycles. The van der Waals surface area contributed by atoms with Gasteiger partial charge in [0.15, 0.2) is 0 Å². The second-order valence-corrected chi connectivity index (χ2v) is 10.4. The molecule has 0 aliphatic carbocycles. The molecule has 12 N–H and O–H groups in total. The highest BCUT2D eigenvalue weighted by molar-refractivity contribution is 4.98. The molecule has 0 fully saturated rings. The average molecular weight is 591 g/mol. The van der Waals surface area contributed by atoms with Gasteiger partial charge in [0.2, 0.25) is 0 Å². The predicted octanol–water partition coefficient (Wildman–Crippen LogP) is -2.44. The molecule has 0 aliphatic rings. The van der Waals surface area contributed by atoms with Crippen LogP contribution in [-0.2, 0) is 9.78 Å². The molecule has 40 heavy (non-hydrogen) atoms. The lowest BCUT2D eigenvalue weighted by atomic mass is 9.87. The summed E-state index contributed by atoms with van der Waals surface area (Å²) in [5, 5.41) is 121. The molecule has 0 aliphatic heterocycles. The summed E-state index contributed by atoms with van der Waals surface area (Å²) in [6, 6.07) is 0. The maximum atomic E-state index is 11.0. The smallest absolute Gasteiger partial charge is 0.256 e. The molecule has 14 nitrogen and oxygen atoms in total. The van der Waals surface area contributed by atoms with Crippen molar-refractivity contribution in [3.8, 4) is 0 Å². The fourth-order valence-corrected chi connectivity index (χ4v) is 4.13. The molecule has 0 aromatic carbocycles. The summed E-state index contributed by atoms with van der Waals surface area (Å²) in [5.41, 5.74) is 0. The highest BCUT2D eigenvalue weighted by Gasteiger charge is 2.55. The van der Waals surface area contributed by atoms with Crippen molar-refractivity contribution in [1.29, 1.82) is 0 Å². The van der Waals surface area contributed by atoms with Crippen molar-refractivity contribution in [3.05, 3.63) is 0 Å². The van der Waals surface area contributed by atoms with E-state index in [1.54, 1.807) is 0 Å². The third-order valence-electron chi connectivity index (χ3n) is 7.06. The van der Waals surface area contributed by atoms with Gasteiger partial charge in [-0.25, -0.2) is 4.89 Å². The summed E-state index contributed by atoms with van der Waals surface area (Å²) in [5.74, 6) is -3.47. The van der Waals surface area contributed by atoms with Gasteiger partial charge < -0.3 is 61.3 Å². The molecule has 0 saturated carbocycles. The summed E-state index contributed by atoms with van der Waals surface area (Å²) < 4.78 is 0. The van der Waals surface area contributed by atoms with E-state index >= 15 is 0 Å². The van der Waals surface area contributed by atoms with E-state index < -0.39 is 73.4 Å². The van der Waals surface area contributed by atoms with Gasteiger partial charge in [0.25, 0.3) is 5.79 Å². The number of unbranched alkanes of at least 4 members (excludes halogenated alkanes) is 9. The monoisotopic (exact) mass is 590 g/mol. The maximum Gasteiger partial charge on any atom is 0.256 e. The Labute approximate surface area is 236 Å². The Bertz CT molecular complexity index is 580. The van der Waals surface area contributed by atoms with Crippen molar-refractivity contribution < 1.29 is 71.1 Å². The first kappa shape index (κ1) is 39.4. The van der Waals surface area contributed by atoms with Crippen LogP contribution in [0.4, 0.5) is 0 Å². The second-order valence-electron chi connectivity index (χ2n) is 10.4. The molecule has 11 unspecified atom stereocenters. The predicted molar refractivity (Wildman–Crippen MR) is 141 cm³/mol. The van der Waals surface area contributed by atoms with Crippen LogP contribution in [0.25, 0.3) is 0 Å². The van der Waals surface area contributed by atoms with E-state index in [4.69, 9.17) is 14.9 Å². The third kappa shape index (κ3) is 12.8. The molecule has 0 radical (unpaired) electrons. The first-order valence-corrected chi connectivity index (χ1v) is 14.3. The fourth-order valence-electron chi connectivity index (χ4n) is 4.13. The van der Waals surface area contributed by atoms with Gasteiger partial charge in [0.05, 0.1) is 19.3 Å². The van der Waals surface area contributed by atoms with Gasteiger partial charge in [-0.1, -0.05) is 71.6 Å².